The summed E-state index contributed by atoms with van der Waals surface area (Å²) in [6, 6.07) is 11.8. The van der Waals surface area contributed by atoms with Gasteiger partial charge in [-0.3, -0.25) is 9.10 Å². The monoisotopic (exact) mass is 422 g/mol. The van der Waals surface area contributed by atoms with Crippen molar-refractivity contribution in [1.82, 2.24) is 5.32 Å². The first-order chi connectivity index (χ1) is 13.0. The Labute approximate surface area is 172 Å². The normalized spacial score (nSPS) is 13.6. The Kier molecular flexibility index (Phi) is 7.12. The molecule has 0 aliphatic carbocycles. The van der Waals surface area contributed by atoms with E-state index in [1.165, 1.54) is 4.31 Å². The molecule has 2 rings (SSSR count). The summed E-state index contributed by atoms with van der Waals surface area (Å²) < 4.78 is 26.4. The maximum Gasteiger partial charge on any atom is 0.244 e. The lowest BCUT2D eigenvalue weighted by atomic mass is 10.1. The summed E-state index contributed by atoms with van der Waals surface area (Å²) in [7, 11) is -3.71. The Hall–Kier alpha value is -2.05. The van der Waals surface area contributed by atoms with Gasteiger partial charge in [-0.1, -0.05) is 54.4 Å². The van der Waals surface area contributed by atoms with Crippen molar-refractivity contribution in [2.45, 2.75) is 46.2 Å². The van der Waals surface area contributed by atoms with Crippen molar-refractivity contribution in [3.8, 4) is 0 Å². The van der Waals surface area contributed by atoms with E-state index >= 15 is 0 Å². The number of hydrogen-bond acceptors (Lipinski definition) is 3. The number of carbonyl (C=O) groups is 1. The van der Waals surface area contributed by atoms with E-state index in [1.54, 1.807) is 32.0 Å². The molecule has 0 heterocycles. The third-order valence-electron chi connectivity index (χ3n) is 4.67. The van der Waals surface area contributed by atoms with Crippen LogP contribution in [0.4, 0.5) is 5.69 Å². The quantitative estimate of drug-likeness (QED) is 0.720. The molecule has 0 fully saturated rings. The Bertz CT molecular complexity index is 943. The zero-order valence-electron chi connectivity index (χ0n) is 16.9. The molecule has 5 nitrogen and oxygen atoms in total. The van der Waals surface area contributed by atoms with Crippen LogP contribution in [0.5, 0.6) is 0 Å². The molecule has 0 spiro atoms. The predicted octanol–water partition coefficient (Wildman–Crippen LogP) is 4.38. The van der Waals surface area contributed by atoms with Gasteiger partial charge in [-0.15, -0.1) is 0 Å². The Balaban J connectivity index is 2.36. The summed E-state index contributed by atoms with van der Waals surface area (Å²) in [4.78, 5) is 13.0. The maximum absolute atomic E-state index is 13.0. The third-order valence-corrected chi connectivity index (χ3v) is 6.08. The molecular formula is C21H27ClN2O3S. The van der Waals surface area contributed by atoms with Gasteiger partial charge in [-0.05, 0) is 50.5 Å². The fourth-order valence-electron chi connectivity index (χ4n) is 3.10. The second-order valence-electron chi connectivity index (χ2n) is 7.05. The molecule has 152 valence electrons. The van der Waals surface area contributed by atoms with Crippen LogP contribution in [0.15, 0.2) is 42.5 Å². The van der Waals surface area contributed by atoms with Crippen LogP contribution in [0.25, 0.3) is 0 Å². The van der Waals surface area contributed by atoms with Crippen LogP contribution in [0.2, 0.25) is 5.02 Å². The fraction of sp³-hybridized carbons (Fsp3) is 0.381. The molecule has 7 heteroatoms. The molecule has 28 heavy (non-hydrogen) atoms. The molecule has 1 N–H and O–H groups in total. The first-order valence-corrected chi connectivity index (χ1v) is 11.4. The number of nitrogens with one attached hydrogen (secondary N) is 1. The number of amides is 1. The average Bonchev–Trinajstić information content (AvgIpc) is 2.61. The van der Waals surface area contributed by atoms with Crippen molar-refractivity contribution in [3.63, 3.8) is 0 Å². The fourth-order valence-corrected chi connectivity index (χ4v) is 4.53. The lowest BCUT2D eigenvalue weighted by molar-refractivity contribution is -0.122. The maximum atomic E-state index is 13.0. The first kappa shape index (κ1) is 22.2. The molecular weight excluding hydrogens is 396 g/mol. The van der Waals surface area contributed by atoms with Crippen molar-refractivity contribution >= 4 is 33.2 Å². The van der Waals surface area contributed by atoms with Crippen molar-refractivity contribution in [1.29, 1.82) is 0 Å². The molecule has 0 saturated heterocycles. The number of hydrogen-bond donors (Lipinski definition) is 1. The highest BCUT2D eigenvalue weighted by Gasteiger charge is 2.33. The minimum absolute atomic E-state index is 0.246. The highest BCUT2D eigenvalue weighted by Crippen LogP contribution is 2.29. The highest BCUT2D eigenvalue weighted by molar-refractivity contribution is 7.92. The van der Waals surface area contributed by atoms with Gasteiger partial charge in [0.1, 0.15) is 6.04 Å². The van der Waals surface area contributed by atoms with Crippen LogP contribution in [-0.4, -0.2) is 26.6 Å². The SMILES string of the molecule is CC[C@H](C(=O)N[C@@H](C)c1ccc(C)cc1)N(c1cc(Cl)ccc1C)S(C)(=O)=O. The topological polar surface area (TPSA) is 66.5 Å². The number of anilines is 1. The smallest absolute Gasteiger partial charge is 0.244 e. The average molecular weight is 423 g/mol. The summed E-state index contributed by atoms with van der Waals surface area (Å²) in [5, 5.41) is 3.36. The zero-order valence-corrected chi connectivity index (χ0v) is 18.4. The van der Waals surface area contributed by atoms with Crippen LogP contribution in [-0.2, 0) is 14.8 Å². The van der Waals surface area contributed by atoms with Crippen LogP contribution in [0.3, 0.4) is 0 Å². The Morgan fingerprint density at radius 2 is 1.75 bits per heavy atom. The van der Waals surface area contributed by atoms with Gasteiger partial charge < -0.3 is 5.32 Å². The molecule has 1 amide bonds. The van der Waals surface area contributed by atoms with E-state index in [1.807, 2.05) is 38.1 Å². The Morgan fingerprint density at radius 1 is 1.14 bits per heavy atom. The minimum atomic E-state index is -3.71. The molecule has 2 aromatic carbocycles. The molecule has 0 saturated carbocycles. The lowest BCUT2D eigenvalue weighted by Crippen LogP contribution is -2.50. The molecule has 2 atom stereocenters. The molecule has 0 unspecified atom stereocenters. The molecule has 0 aliphatic heterocycles. The van der Waals surface area contributed by atoms with Gasteiger partial charge in [0.05, 0.1) is 18.0 Å². The number of halogens is 1. The number of rotatable bonds is 7. The van der Waals surface area contributed by atoms with E-state index in [0.717, 1.165) is 22.9 Å². The number of aryl methyl sites for hydroxylation is 2. The molecule has 0 aromatic heterocycles. The van der Waals surface area contributed by atoms with Gasteiger partial charge >= 0.3 is 0 Å². The van der Waals surface area contributed by atoms with E-state index < -0.39 is 16.1 Å². The molecule has 0 bridgehead atoms. The van der Waals surface area contributed by atoms with E-state index in [-0.39, 0.29) is 11.9 Å². The summed E-state index contributed by atoms with van der Waals surface area (Å²) >= 11 is 6.09. The van der Waals surface area contributed by atoms with E-state index in [4.69, 9.17) is 11.6 Å². The molecule has 0 radical (unpaired) electrons. The van der Waals surface area contributed by atoms with Gasteiger partial charge in [0, 0.05) is 5.02 Å². The van der Waals surface area contributed by atoms with Crippen LogP contribution in [0.1, 0.15) is 43.0 Å². The van der Waals surface area contributed by atoms with Gasteiger partial charge in [0.25, 0.3) is 0 Å². The highest BCUT2D eigenvalue weighted by atomic mass is 35.5. The van der Waals surface area contributed by atoms with Gasteiger partial charge in [0.2, 0.25) is 15.9 Å². The summed E-state index contributed by atoms with van der Waals surface area (Å²) in [5.74, 6) is -0.347. The second-order valence-corrected chi connectivity index (χ2v) is 9.35. The largest absolute Gasteiger partial charge is 0.348 e. The van der Waals surface area contributed by atoms with Crippen LogP contribution in [0, 0.1) is 13.8 Å². The summed E-state index contributed by atoms with van der Waals surface area (Å²) in [6.45, 7) is 7.46. The minimum Gasteiger partial charge on any atom is -0.348 e. The number of benzene rings is 2. The zero-order chi connectivity index (χ0) is 21.1. The predicted molar refractivity (Wildman–Crippen MR) is 115 cm³/mol. The van der Waals surface area contributed by atoms with Gasteiger partial charge in [0.15, 0.2) is 0 Å². The molecule has 0 aliphatic rings. The Morgan fingerprint density at radius 3 is 2.29 bits per heavy atom. The van der Waals surface area contributed by atoms with Crippen molar-refractivity contribution in [2.75, 3.05) is 10.6 Å². The van der Waals surface area contributed by atoms with Crippen LogP contribution >= 0.6 is 11.6 Å². The van der Waals surface area contributed by atoms with Crippen molar-refractivity contribution in [3.05, 3.63) is 64.2 Å². The summed E-state index contributed by atoms with van der Waals surface area (Å²) in [6.07, 6.45) is 1.43. The van der Waals surface area contributed by atoms with Crippen molar-refractivity contribution in [2.24, 2.45) is 0 Å². The van der Waals surface area contributed by atoms with Crippen LogP contribution < -0.4 is 9.62 Å². The standard InChI is InChI=1S/C21H27ClN2O3S/c1-6-19(21(25)23-16(4)17-10-7-14(2)8-11-17)24(28(5,26)27)20-13-18(22)12-9-15(20)3/h7-13,16,19H,6H2,1-5H3,(H,23,25)/t16-,19+/m0/s1. The first-order valence-electron chi connectivity index (χ1n) is 9.17. The third kappa shape index (κ3) is 5.26. The second kappa shape index (κ2) is 8.97. The number of sulfonamides is 1. The lowest BCUT2D eigenvalue weighted by Gasteiger charge is -2.32. The molecule has 2 aromatic rings. The van der Waals surface area contributed by atoms with Gasteiger partial charge in [-0.2, -0.15) is 0 Å². The number of carbonyl (C=O) groups excluding carboxylic acids is 1. The number of nitrogens with zero attached hydrogens (tertiary/aromatic N) is 1. The van der Waals surface area contributed by atoms with E-state index in [0.29, 0.717) is 17.1 Å². The van der Waals surface area contributed by atoms with E-state index in [2.05, 4.69) is 5.32 Å². The summed E-state index contributed by atoms with van der Waals surface area (Å²) in [5.41, 5.74) is 3.24. The van der Waals surface area contributed by atoms with E-state index in [9.17, 15) is 13.2 Å². The van der Waals surface area contributed by atoms with Crippen molar-refractivity contribution < 1.29 is 13.2 Å². The van der Waals surface area contributed by atoms with Gasteiger partial charge in [-0.25, -0.2) is 8.42 Å².